The van der Waals surface area contributed by atoms with Crippen molar-refractivity contribution in [2.75, 3.05) is 0 Å². The summed E-state index contributed by atoms with van der Waals surface area (Å²) in [6.45, 7) is 2.89. The summed E-state index contributed by atoms with van der Waals surface area (Å²) in [6.07, 6.45) is 0. The Kier molecular flexibility index (Phi) is 3.90. The number of aryl methyl sites for hydroxylation is 1. The molecule has 0 aliphatic rings. The first-order valence-electron chi connectivity index (χ1n) is 6.10. The van der Waals surface area contributed by atoms with Gasteiger partial charge in [-0.25, -0.2) is 13.1 Å². The van der Waals surface area contributed by atoms with Gasteiger partial charge in [0.2, 0.25) is 5.91 Å². The molecule has 0 atom stereocenters. The Bertz CT molecular complexity index is 737. The molecule has 2 aromatic rings. The maximum Gasteiger partial charge on any atom is 0.264 e. The Labute approximate surface area is 118 Å². The number of carbonyl (C=O) groups is 1. The lowest BCUT2D eigenvalue weighted by Gasteiger charge is -2.13. The molecule has 0 heterocycles. The zero-order valence-electron chi connectivity index (χ0n) is 11.3. The molecule has 0 aliphatic carbocycles. The molecule has 0 saturated heterocycles. The highest BCUT2D eigenvalue weighted by molar-refractivity contribution is 7.90. The number of carbonyl (C=O) groups excluding carboxylic acids is 1. The van der Waals surface area contributed by atoms with Crippen LogP contribution in [0.3, 0.4) is 0 Å². The first-order chi connectivity index (χ1) is 9.42. The van der Waals surface area contributed by atoms with Crippen molar-refractivity contribution in [3.05, 3.63) is 54.1 Å². The average Bonchev–Trinajstić information content (AvgIpc) is 2.37. The molecule has 1 N–H and O–H groups in total. The van der Waals surface area contributed by atoms with E-state index < -0.39 is 15.9 Å². The largest absolute Gasteiger partial charge is 0.274 e. The fourth-order valence-corrected chi connectivity index (χ4v) is 3.54. The second-order valence-electron chi connectivity index (χ2n) is 4.48. The summed E-state index contributed by atoms with van der Waals surface area (Å²) < 4.78 is 26.7. The van der Waals surface area contributed by atoms with E-state index >= 15 is 0 Å². The summed E-state index contributed by atoms with van der Waals surface area (Å²) in [7, 11) is -3.87. The molecule has 0 aromatic heterocycles. The predicted octanol–water partition coefficient (Wildman–Crippen LogP) is 2.49. The molecular weight excluding hydrogens is 274 g/mol. The normalized spacial score (nSPS) is 11.1. The highest BCUT2D eigenvalue weighted by Gasteiger charge is 2.22. The number of amides is 1. The Morgan fingerprint density at radius 3 is 2.25 bits per heavy atom. The van der Waals surface area contributed by atoms with Crippen molar-refractivity contribution in [2.45, 2.75) is 18.7 Å². The zero-order chi connectivity index (χ0) is 14.8. The van der Waals surface area contributed by atoms with Crippen LogP contribution in [0.2, 0.25) is 0 Å². The number of nitrogens with one attached hydrogen (secondary N) is 1. The summed E-state index contributed by atoms with van der Waals surface area (Å²) in [5.41, 5.74) is 1.97. The van der Waals surface area contributed by atoms with E-state index in [0.717, 1.165) is 5.56 Å². The van der Waals surface area contributed by atoms with E-state index in [1.54, 1.807) is 25.1 Å². The number of sulfonamides is 1. The van der Waals surface area contributed by atoms with Gasteiger partial charge < -0.3 is 0 Å². The molecule has 5 heteroatoms. The van der Waals surface area contributed by atoms with E-state index in [2.05, 4.69) is 0 Å². The first kappa shape index (κ1) is 14.3. The Morgan fingerprint density at radius 1 is 1.00 bits per heavy atom. The van der Waals surface area contributed by atoms with Gasteiger partial charge in [-0.3, -0.25) is 4.79 Å². The van der Waals surface area contributed by atoms with Crippen LogP contribution < -0.4 is 4.72 Å². The third kappa shape index (κ3) is 2.88. The molecule has 0 saturated carbocycles. The number of hydrogen-bond acceptors (Lipinski definition) is 3. The van der Waals surface area contributed by atoms with Crippen molar-refractivity contribution in [3.8, 4) is 11.1 Å². The molecule has 2 aromatic carbocycles. The summed E-state index contributed by atoms with van der Waals surface area (Å²) in [5.74, 6) is -0.604. The van der Waals surface area contributed by atoms with Crippen LogP contribution in [0.15, 0.2) is 53.4 Å². The zero-order valence-corrected chi connectivity index (χ0v) is 12.1. The molecule has 2 rings (SSSR count). The fraction of sp³-hybridized carbons (Fsp3) is 0.133. The fourth-order valence-electron chi connectivity index (χ4n) is 2.09. The minimum Gasteiger partial charge on any atom is -0.274 e. The average molecular weight is 289 g/mol. The first-order valence-corrected chi connectivity index (χ1v) is 7.58. The van der Waals surface area contributed by atoms with Crippen molar-refractivity contribution >= 4 is 15.9 Å². The lowest BCUT2D eigenvalue weighted by Crippen LogP contribution is -2.29. The van der Waals surface area contributed by atoms with Crippen LogP contribution in [-0.4, -0.2) is 14.3 Å². The standard InChI is InChI=1S/C15H15NO3S/c1-11-7-6-10-14(13-8-4-3-5-9-13)15(11)20(18,19)16-12(2)17/h3-10H,1-2H3,(H,16,17). The highest BCUT2D eigenvalue weighted by atomic mass is 32.2. The maximum absolute atomic E-state index is 12.3. The van der Waals surface area contributed by atoms with E-state index in [-0.39, 0.29) is 4.90 Å². The van der Waals surface area contributed by atoms with E-state index in [1.807, 2.05) is 35.1 Å². The molecule has 0 bridgehead atoms. The smallest absolute Gasteiger partial charge is 0.264 e. The topological polar surface area (TPSA) is 63.2 Å². The van der Waals surface area contributed by atoms with Crippen LogP contribution in [0, 0.1) is 6.92 Å². The van der Waals surface area contributed by atoms with E-state index in [0.29, 0.717) is 11.1 Å². The molecule has 20 heavy (non-hydrogen) atoms. The minimum atomic E-state index is -3.87. The van der Waals surface area contributed by atoms with Crippen molar-refractivity contribution in [1.29, 1.82) is 0 Å². The third-order valence-electron chi connectivity index (χ3n) is 2.84. The van der Waals surface area contributed by atoms with Crippen molar-refractivity contribution in [1.82, 2.24) is 4.72 Å². The van der Waals surface area contributed by atoms with Gasteiger partial charge in [0.05, 0.1) is 4.90 Å². The molecule has 4 nitrogen and oxygen atoms in total. The van der Waals surface area contributed by atoms with Gasteiger partial charge >= 0.3 is 0 Å². The summed E-state index contributed by atoms with van der Waals surface area (Å²) in [4.78, 5) is 11.2. The van der Waals surface area contributed by atoms with Crippen LogP contribution in [0.25, 0.3) is 11.1 Å². The van der Waals surface area contributed by atoms with E-state index in [9.17, 15) is 13.2 Å². The van der Waals surface area contributed by atoms with Gasteiger partial charge in [0.25, 0.3) is 10.0 Å². The van der Waals surface area contributed by atoms with Crippen molar-refractivity contribution < 1.29 is 13.2 Å². The van der Waals surface area contributed by atoms with Crippen molar-refractivity contribution in [3.63, 3.8) is 0 Å². The molecule has 0 radical (unpaired) electrons. The summed E-state index contributed by atoms with van der Waals surface area (Å²) in [6, 6.07) is 14.5. The van der Waals surface area contributed by atoms with E-state index in [1.165, 1.54) is 6.92 Å². The molecular formula is C15H15NO3S. The summed E-state index contributed by atoms with van der Waals surface area (Å²) in [5, 5.41) is 0. The van der Waals surface area contributed by atoms with Gasteiger partial charge in [0, 0.05) is 12.5 Å². The summed E-state index contributed by atoms with van der Waals surface area (Å²) >= 11 is 0. The van der Waals surface area contributed by atoms with Gasteiger partial charge in [0.1, 0.15) is 0 Å². The van der Waals surface area contributed by atoms with Gasteiger partial charge in [-0.05, 0) is 18.1 Å². The second-order valence-corrected chi connectivity index (χ2v) is 6.10. The van der Waals surface area contributed by atoms with Gasteiger partial charge in [-0.1, -0.05) is 48.5 Å². The van der Waals surface area contributed by atoms with Gasteiger partial charge in [-0.15, -0.1) is 0 Å². The van der Waals surface area contributed by atoms with Crippen LogP contribution in [0.5, 0.6) is 0 Å². The van der Waals surface area contributed by atoms with E-state index in [4.69, 9.17) is 0 Å². The van der Waals surface area contributed by atoms with Gasteiger partial charge in [0.15, 0.2) is 0 Å². The monoisotopic (exact) mass is 289 g/mol. The maximum atomic E-state index is 12.3. The van der Waals surface area contributed by atoms with Crippen LogP contribution in [0.4, 0.5) is 0 Å². The highest BCUT2D eigenvalue weighted by Crippen LogP contribution is 2.29. The Balaban J connectivity index is 2.68. The van der Waals surface area contributed by atoms with Crippen LogP contribution in [-0.2, 0) is 14.8 Å². The lowest BCUT2D eigenvalue weighted by molar-refractivity contribution is -0.117. The molecule has 1 amide bonds. The number of hydrogen-bond donors (Lipinski definition) is 1. The quantitative estimate of drug-likeness (QED) is 0.944. The second kappa shape index (κ2) is 5.46. The lowest BCUT2D eigenvalue weighted by atomic mass is 10.0. The molecule has 0 fully saturated rings. The van der Waals surface area contributed by atoms with Crippen LogP contribution >= 0.6 is 0 Å². The number of benzene rings is 2. The number of rotatable bonds is 3. The van der Waals surface area contributed by atoms with Gasteiger partial charge in [-0.2, -0.15) is 0 Å². The van der Waals surface area contributed by atoms with Crippen molar-refractivity contribution in [2.24, 2.45) is 0 Å². The molecule has 0 spiro atoms. The molecule has 0 unspecified atom stereocenters. The molecule has 0 aliphatic heterocycles. The predicted molar refractivity (Wildman–Crippen MR) is 77.6 cm³/mol. The SMILES string of the molecule is CC(=O)NS(=O)(=O)c1c(C)cccc1-c1ccccc1. The Morgan fingerprint density at radius 2 is 1.65 bits per heavy atom. The Hall–Kier alpha value is -2.14. The third-order valence-corrected chi connectivity index (χ3v) is 4.48. The molecule has 104 valence electrons. The minimum absolute atomic E-state index is 0.140. The van der Waals surface area contributed by atoms with Crippen LogP contribution in [0.1, 0.15) is 12.5 Å².